The summed E-state index contributed by atoms with van der Waals surface area (Å²) in [5.41, 5.74) is 1.73. The van der Waals surface area contributed by atoms with E-state index in [2.05, 4.69) is 15.5 Å². The van der Waals surface area contributed by atoms with Crippen molar-refractivity contribution in [1.82, 2.24) is 19.6 Å². The number of fused-ring (bicyclic) bond motifs is 1. The standard InChI is InChI=1S/C21H18N6O4/c1-14-12-20(26(24-14)15-6-8-16(9-7-15)27(30)31)23-21(29)10-11-25-18-5-3-2-4-17(18)19(28)13-22-25/h2-9,12-13H,10-11H2,1H3,(H,23,29). The van der Waals surface area contributed by atoms with E-state index in [-0.39, 0.29) is 30.0 Å². The van der Waals surface area contributed by atoms with Crippen LogP contribution in [0.4, 0.5) is 11.5 Å². The predicted octanol–water partition coefficient (Wildman–Crippen LogP) is 2.83. The summed E-state index contributed by atoms with van der Waals surface area (Å²) in [6.07, 6.45) is 1.37. The normalized spacial score (nSPS) is 10.9. The Kier molecular flexibility index (Phi) is 5.27. The molecule has 31 heavy (non-hydrogen) atoms. The van der Waals surface area contributed by atoms with E-state index < -0.39 is 4.92 Å². The van der Waals surface area contributed by atoms with Crippen molar-refractivity contribution in [3.63, 3.8) is 0 Å². The number of aryl methyl sites for hydroxylation is 2. The Balaban J connectivity index is 1.51. The number of carbonyl (C=O) groups excluding carboxylic acids is 1. The molecule has 4 rings (SSSR count). The second-order valence-electron chi connectivity index (χ2n) is 6.90. The minimum absolute atomic E-state index is 0.0286. The molecule has 0 aliphatic carbocycles. The number of nitrogens with zero attached hydrogens (tertiary/aromatic N) is 5. The van der Waals surface area contributed by atoms with Gasteiger partial charge in [-0.25, -0.2) is 4.68 Å². The van der Waals surface area contributed by atoms with Crippen molar-refractivity contribution in [1.29, 1.82) is 0 Å². The number of nitro benzene ring substituents is 1. The molecule has 0 radical (unpaired) electrons. The first kappa shape index (κ1) is 20.0. The van der Waals surface area contributed by atoms with Gasteiger partial charge in [0, 0.05) is 30.0 Å². The molecule has 1 N–H and O–H groups in total. The number of benzene rings is 2. The number of aromatic nitrogens is 4. The molecule has 10 heteroatoms. The number of para-hydroxylation sites is 1. The summed E-state index contributed by atoms with van der Waals surface area (Å²) in [5, 5.41) is 22.7. The van der Waals surface area contributed by atoms with Crippen molar-refractivity contribution >= 4 is 28.3 Å². The number of rotatable bonds is 6. The van der Waals surface area contributed by atoms with Crippen LogP contribution in [-0.2, 0) is 11.3 Å². The van der Waals surface area contributed by atoms with Crippen LogP contribution < -0.4 is 10.7 Å². The van der Waals surface area contributed by atoms with Crippen molar-refractivity contribution in [3.05, 3.63) is 86.8 Å². The lowest BCUT2D eigenvalue weighted by atomic mass is 10.2. The van der Waals surface area contributed by atoms with Crippen molar-refractivity contribution in [2.24, 2.45) is 0 Å². The molecule has 0 aliphatic heterocycles. The van der Waals surface area contributed by atoms with Crippen molar-refractivity contribution < 1.29 is 9.72 Å². The molecular weight excluding hydrogens is 400 g/mol. The number of anilines is 1. The smallest absolute Gasteiger partial charge is 0.269 e. The van der Waals surface area contributed by atoms with Crippen LogP contribution in [0.5, 0.6) is 0 Å². The Bertz CT molecular complexity index is 1340. The zero-order valence-corrected chi connectivity index (χ0v) is 16.6. The topological polar surface area (TPSA) is 125 Å². The molecular formula is C21H18N6O4. The molecule has 2 aromatic heterocycles. The minimum atomic E-state index is -0.477. The molecule has 10 nitrogen and oxygen atoms in total. The molecule has 0 saturated heterocycles. The summed E-state index contributed by atoms with van der Waals surface area (Å²) < 4.78 is 3.14. The van der Waals surface area contributed by atoms with Gasteiger partial charge in [0.15, 0.2) is 0 Å². The van der Waals surface area contributed by atoms with Gasteiger partial charge in [0.05, 0.1) is 34.6 Å². The number of hydrogen-bond acceptors (Lipinski definition) is 6. The summed E-state index contributed by atoms with van der Waals surface area (Å²) in [6, 6.07) is 14.7. The van der Waals surface area contributed by atoms with Gasteiger partial charge in [-0.05, 0) is 31.2 Å². The first-order valence-electron chi connectivity index (χ1n) is 9.48. The Labute approximate surface area is 175 Å². The minimum Gasteiger partial charge on any atom is -0.311 e. The molecule has 1 amide bonds. The van der Waals surface area contributed by atoms with Crippen molar-refractivity contribution in [2.75, 3.05) is 5.32 Å². The zero-order chi connectivity index (χ0) is 22.0. The second kappa shape index (κ2) is 8.19. The van der Waals surface area contributed by atoms with Crippen molar-refractivity contribution in [3.8, 4) is 5.69 Å². The molecule has 2 aromatic carbocycles. The van der Waals surface area contributed by atoms with Gasteiger partial charge in [-0.2, -0.15) is 10.2 Å². The zero-order valence-electron chi connectivity index (χ0n) is 16.6. The lowest BCUT2D eigenvalue weighted by Gasteiger charge is -2.11. The molecule has 0 aliphatic rings. The molecule has 0 unspecified atom stereocenters. The second-order valence-corrected chi connectivity index (χ2v) is 6.90. The van der Waals surface area contributed by atoms with Crippen molar-refractivity contribution in [2.45, 2.75) is 19.9 Å². The van der Waals surface area contributed by atoms with Gasteiger partial charge < -0.3 is 5.32 Å². The maximum atomic E-state index is 12.6. The summed E-state index contributed by atoms with van der Waals surface area (Å²) >= 11 is 0. The molecule has 0 bridgehead atoms. The van der Waals surface area contributed by atoms with Gasteiger partial charge in [-0.3, -0.25) is 24.4 Å². The maximum Gasteiger partial charge on any atom is 0.269 e. The average Bonchev–Trinajstić information content (AvgIpc) is 3.13. The third kappa shape index (κ3) is 4.17. The highest BCUT2D eigenvalue weighted by molar-refractivity contribution is 5.90. The first-order chi connectivity index (χ1) is 14.9. The number of hydrogen-bond donors (Lipinski definition) is 1. The number of amides is 1. The highest BCUT2D eigenvalue weighted by atomic mass is 16.6. The Morgan fingerprint density at radius 1 is 1.16 bits per heavy atom. The number of nitro groups is 1. The van der Waals surface area contributed by atoms with Crippen LogP contribution in [0.15, 0.2) is 65.6 Å². The van der Waals surface area contributed by atoms with Crippen LogP contribution in [0.25, 0.3) is 16.6 Å². The van der Waals surface area contributed by atoms with Gasteiger partial charge in [0.1, 0.15) is 5.82 Å². The fourth-order valence-corrected chi connectivity index (χ4v) is 3.25. The lowest BCUT2D eigenvalue weighted by molar-refractivity contribution is -0.384. The van der Waals surface area contributed by atoms with E-state index >= 15 is 0 Å². The van der Waals surface area contributed by atoms with E-state index in [9.17, 15) is 19.7 Å². The molecule has 4 aromatic rings. The van der Waals surface area contributed by atoms with Crippen LogP contribution in [-0.4, -0.2) is 30.4 Å². The predicted molar refractivity (Wildman–Crippen MR) is 114 cm³/mol. The van der Waals surface area contributed by atoms with Gasteiger partial charge in [-0.1, -0.05) is 12.1 Å². The van der Waals surface area contributed by atoms with E-state index in [0.29, 0.717) is 28.1 Å². The van der Waals surface area contributed by atoms with E-state index in [1.165, 1.54) is 23.0 Å². The van der Waals surface area contributed by atoms with Crippen LogP contribution in [0, 0.1) is 17.0 Å². The Hall–Kier alpha value is -4.34. The highest BCUT2D eigenvalue weighted by Gasteiger charge is 2.13. The van der Waals surface area contributed by atoms with Gasteiger partial charge in [0.25, 0.3) is 5.69 Å². The number of nitrogens with one attached hydrogen (secondary N) is 1. The van der Waals surface area contributed by atoms with Crippen LogP contribution >= 0.6 is 0 Å². The van der Waals surface area contributed by atoms with Crippen LogP contribution in [0.3, 0.4) is 0 Å². The summed E-state index contributed by atoms with van der Waals surface area (Å²) in [4.78, 5) is 34.9. The van der Waals surface area contributed by atoms with E-state index in [4.69, 9.17) is 0 Å². The lowest BCUT2D eigenvalue weighted by Crippen LogP contribution is -2.19. The summed E-state index contributed by atoms with van der Waals surface area (Å²) in [7, 11) is 0. The molecule has 0 fully saturated rings. The monoisotopic (exact) mass is 418 g/mol. The molecule has 0 atom stereocenters. The summed E-state index contributed by atoms with van der Waals surface area (Å²) in [6.45, 7) is 2.07. The van der Waals surface area contributed by atoms with E-state index in [0.717, 1.165) is 0 Å². The summed E-state index contributed by atoms with van der Waals surface area (Å²) in [5.74, 6) is 0.196. The third-order valence-electron chi connectivity index (χ3n) is 4.72. The molecule has 156 valence electrons. The Morgan fingerprint density at radius 3 is 2.65 bits per heavy atom. The number of non-ortho nitro benzene ring substituents is 1. The fourth-order valence-electron chi connectivity index (χ4n) is 3.25. The first-order valence-corrected chi connectivity index (χ1v) is 9.48. The molecule has 0 spiro atoms. The van der Waals surface area contributed by atoms with Gasteiger partial charge in [0.2, 0.25) is 11.3 Å². The van der Waals surface area contributed by atoms with E-state index in [1.54, 1.807) is 48.0 Å². The maximum absolute atomic E-state index is 12.6. The highest BCUT2D eigenvalue weighted by Crippen LogP contribution is 2.20. The van der Waals surface area contributed by atoms with Crippen LogP contribution in [0.1, 0.15) is 12.1 Å². The van der Waals surface area contributed by atoms with Crippen LogP contribution in [0.2, 0.25) is 0 Å². The average molecular weight is 418 g/mol. The fraction of sp³-hybridized carbons (Fsp3) is 0.143. The molecule has 2 heterocycles. The number of carbonyl (C=O) groups is 1. The molecule has 0 saturated carbocycles. The third-order valence-corrected chi connectivity index (χ3v) is 4.72. The quantitative estimate of drug-likeness (QED) is 0.379. The van der Waals surface area contributed by atoms with E-state index in [1.807, 2.05) is 6.07 Å². The largest absolute Gasteiger partial charge is 0.311 e. The Morgan fingerprint density at radius 2 is 1.90 bits per heavy atom. The van der Waals surface area contributed by atoms with Gasteiger partial charge >= 0.3 is 0 Å². The SMILES string of the molecule is Cc1cc(NC(=O)CCn2ncc(=O)c3ccccc32)n(-c2ccc([N+](=O)[O-])cc2)n1. The van der Waals surface area contributed by atoms with Gasteiger partial charge in [-0.15, -0.1) is 0 Å².